The van der Waals surface area contributed by atoms with Crippen LogP contribution in [0.25, 0.3) is 11.1 Å². The second kappa shape index (κ2) is 6.96. The Kier molecular flexibility index (Phi) is 4.53. The first kappa shape index (κ1) is 16.3. The summed E-state index contributed by atoms with van der Waals surface area (Å²) in [4.78, 5) is 20.5. The summed E-state index contributed by atoms with van der Waals surface area (Å²) in [5, 5.41) is 0. The average Bonchev–Trinajstić information content (AvgIpc) is 3.53. The van der Waals surface area contributed by atoms with Crippen molar-refractivity contribution in [2.45, 2.75) is 25.8 Å². The van der Waals surface area contributed by atoms with Gasteiger partial charge in [0.05, 0.1) is 0 Å². The average molecular weight is 335 g/mol. The topological polar surface area (TPSA) is 36.4 Å². The molecule has 1 atom stereocenters. The second-order valence-corrected chi connectivity index (χ2v) is 7.25. The minimum atomic E-state index is 0.701. The van der Waals surface area contributed by atoms with Gasteiger partial charge in [-0.1, -0.05) is 24.3 Å². The third-order valence-electron chi connectivity index (χ3n) is 5.65. The molecule has 1 aromatic heterocycles. The van der Waals surface area contributed by atoms with Gasteiger partial charge in [-0.15, -0.1) is 0 Å². The lowest BCUT2D eigenvalue weighted by Gasteiger charge is -2.38. The fraction of sp³-hybridized carbons (Fsp3) is 0.429. The van der Waals surface area contributed by atoms with Gasteiger partial charge in [0.25, 0.3) is 0 Å². The molecule has 0 spiro atoms. The van der Waals surface area contributed by atoms with E-state index in [0.717, 1.165) is 61.4 Å². The molecule has 0 N–H and O–H groups in total. The van der Waals surface area contributed by atoms with E-state index >= 15 is 0 Å². The van der Waals surface area contributed by atoms with Gasteiger partial charge in [0.2, 0.25) is 0 Å². The van der Waals surface area contributed by atoms with Gasteiger partial charge in [0, 0.05) is 49.5 Å². The van der Waals surface area contributed by atoms with Gasteiger partial charge in [-0.25, -0.2) is 4.98 Å². The number of hydrogen-bond donors (Lipinski definition) is 0. The van der Waals surface area contributed by atoms with Crippen LogP contribution in [0.3, 0.4) is 0 Å². The summed E-state index contributed by atoms with van der Waals surface area (Å²) in [6.07, 6.45) is 5.63. The molecule has 0 radical (unpaired) electrons. The lowest BCUT2D eigenvalue weighted by Crippen LogP contribution is -2.50. The predicted molar refractivity (Wildman–Crippen MR) is 101 cm³/mol. The zero-order chi connectivity index (χ0) is 17.2. The number of aldehydes is 1. The van der Waals surface area contributed by atoms with Gasteiger partial charge in [0.1, 0.15) is 12.1 Å². The highest BCUT2D eigenvalue weighted by Gasteiger charge is 2.33. The fourth-order valence-corrected chi connectivity index (χ4v) is 3.73. The van der Waals surface area contributed by atoms with Crippen molar-refractivity contribution in [1.29, 1.82) is 0 Å². The van der Waals surface area contributed by atoms with Crippen molar-refractivity contribution in [2.24, 2.45) is 5.92 Å². The number of rotatable bonds is 5. The lowest BCUT2D eigenvalue weighted by molar-refractivity contribution is 0.112. The Bertz CT molecular complexity index is 714. The Morgan fingerprint density at radius 2 is 1.68 bits per heavy atom. The molecule has 0 amide bonds. The summed E-state index contributed by atoms with van der Waals surface area (Å²) < 4.78 is 0. The quantitative estimate of drug-likeness (QED) is 0.784. The van der Waals surface area contributed by atoms with E-state index in [1.54, 1.807) is 0 Å². The van der Waals surface area contributed by atoms with E-state index in [0.29, 0.717) is 5.56 Å². The molecule has 1 saturated heterocycles. The van der Waals surface area contributed by atoms with Crippen LogP contribution >= 0.6 is 0 Å². The third kappa shape index (κ3) is 3.59. The SMILES string of the molecule is CC(C1CC1)N1CCN(c2ccc(-c3ccc(C=O)cc3)cn2)CC1. The standard InChI is InChI=1S/C21H25N3O/c1-16(18-6-7-18)23-10-12-24(13-11-23)21-9-8-20(14-22-21)19-4-2-17(15-25)3-5-19/h2-5,8-9,14-16,18H,6-7,10-13H2,1H3. The first-order valence-electron chi connectivity index (χ1n) is 9.25. The van der Waals surface area contributed by atoms with Crippen LogP contribution in [0.15, 0.2) is 42.6 Å². The van der Waals surface area contributed by atoms with E-state index in [1.165, 1.54) is 12.8 Å². The molecule has 2 heterocycles. The maximum Gasteiger partial charge on any atom is 0.150 e. The normalized spacial score (nSPS) is 19.6. The molecule has 1 unspecified atom stereocenters. The summed E-state index contributed by atoms with van der Waals surface area (Å²) in [6, 6.07) is 12.6. The summed E-state index contributed by atoms with van der Waals surface area (Å²) in [5.74, 6) is 2.00. The molecule has 0 bridgehead atoms. The monoisotopic (exact) mass is 335 g/mol. The number of pyridine rings is 1. The second-order valence-electron chi connectivity index (χ2n) is 7.25. The van der Waals surface area contributed by atoms with Crippen LogP contribution in [0.1, 0.15) is 30.1 Å². The fourth-order valence-electron chi connectivity index (χ4n) is 3.73. The number of benzene rings is 1. The summed E-state index contributed by atoms with van der Waals surface area (Å²) in [7, 11) is 0. The molecule has 1 aliphatic heterocycles. The number of anilines is 1. The smallest absolute Gasteiger partial charge is 0.150 e. The zero-order valence-electron chi connectivity index (χ0n) is 14.8. The van der Waals surface area contributed by atoms with Crippen molar-refractivity contribution in [1.82, 2.24) is 9.88 Å². The molecular formula is C21H25N3O. The maximum atomic E-state index is 10.8. The molecule has 2 aliphatic rings. The minimum absolute atomic E-state index is 0.701. The van der Waals surface area contributed by atoms with Crippen LogP contribution in [-0.4, -0.2) is 48.4 Å². The van der Waals surface area contributed by atoms with Crippen molar-refractivity contribution in [3.05, 3.63) is 48.2 Å². The Labute approximate surface area is 149 Å². The highest BCUT2D eigenvalue weighted by molar-refractivity contribution is 5.76. The van der Waals surface area contributed by atoms with Gasteiger partial charge in [-0.05, 0) is 43.4 Å². The van der Waals surface area contributed by atoms with Gasteiger partial charge in [0.15, 0.2) is 0 Å². The highest BCUT2D eigenvalue weighted by atomic mass is 16.1. The third-order valence-corrected chi connectivity index (χ3v) is 5.65. The Hall–Kier alpha value is -2.20. The van der Waals surface area contributed by atoms with E-state index in [4.69, 9.17) is 0 Å². The number of aromatic nitrogens is 1. The molecule has 4 rings (SSSR count). The number of carbonyl (C=O) groups excluding carboxylic acids is 1. The maximum absolute atomic E-state index is 10.8. The first-order chi connectivity index (χ1) is 12.2. The van der Waals surface area contributed by atoms with Crippen LogP contribution in [0, 0.1) is 5.92 Å². The molecule has 4 nitrogen and oxygen atoms in total. The highest BCUT2D eigenvalue weighted by Crippen LogP contribution is 2.35. The van der Waals surface area contributed by atoms with Gasteiger partial charge >= 0.3 is 0 Å². The van der Waals surface area contributed by atoms with Crippen molar-refractivity contribution in [3.8, 4) is 11.1 Å². The summed E-state index contributed by atoms with van der Waals surface area (Å²) >= 11 is 0. The molecule has 2 aromatic rings. The van der Waals surface area contributed by atoms with Crippen molar-refractivity contribution in [2.75, 3.05) is 31.1 Å². The van der Waals surface area contributed by atoms with E-state index < -0.39 is 0 Å². The van der Waals surface area contributed by atoms with Gasteiger partial charge in [-0.2, -0.15) is 0 Å². The largest absolute Gasteiger partial charge is 0.354 e. The first-order valence-corrected chi connectivity index (χ1v) is 9.25. The molecule has 4 heteroatoms. The molecule has 1 aliphatic carbocycles. The van der Waals surface area contributed by atoms with E-state index in [1.807, 2.05) is 30.5 Å². The number of nitrogens with zero attached hydrogens (tertiary/aromatic N) is 3. The summed E-state index contributed by atoms with van der Waals surface area (Å²) in [5.41, 5.74) is 2.88. The Morgan fingerprint density at radius 3 is 2.24 bits per heavy atom. The molecule has 2 fully saturated rings. The Morgan fingerprint density at radius 1 is 1.00 bits per heavy atom. The zero-order valence-corrected chi connectivity index (χ0v) is 14.8. The van der Waals surface area contributed by atoms with Crippen LogP contribution in [0.2, 0.25) is 0 Å². The molecule has 1 aromatic carbocycles. The molecule has 25 heavy (non-hydrogen) atoms. The van der Waals surface area contributed by atoms with Crippen LogP contribution in [0.4, 0.5) is 5.82 Å². The van der Waals surface area contributed by atoms with E-state index in [2.05, 4.69) is 33.8 Å². The van der Waals surface area contributed by atoms with E-state index in [-0.39, 0.29) is 0 Å². The molecule has 130 valence electrons. The van der Waals surface area contributed by atoms with Crippen molar-refractivity contribution in [3.63, 3.8) is 0 Å². The summed E-state index contributed by atoms with van der Waals surface area (Å²) in [6.45, 7) is 6.76. The van der Waals surface area contributed by atoms with Crippen LogP contribution < -0.4 is 4.90 Å². The molecule has 1 saturated carbocycles. The number of carbonyl (C=O) groups is 1. The minimum Gasteiger partial charge on any atom is -0.354 e. The van der Waals surface area contributed by atoms with Crippen molar-refractivity contribution < 1.29 is 4.79 Å². The van der Waals surface area contributed by atoms with Gasteiger partial charge < -0.3 is 4.90 Å². The molecular weight excluding hydrogens is 310 g/mol. The van der Waals surface area contributed by atoms with Gasteiger partial charge in [-0.3, -0.25) is 9.69 Å². The van der Waals surface area contributed by atoms with E-state index in [9.17, 15) is 4.79 Å². The predicted octanol–water partition coefficient (Wildman–Crippen LogP) is 3.48. The number of piperazine rings is 1. The lowest BCUT2D eigenvalue weighted by atomic mass is 10.1. The number of hydrogen-bond acceptors (Lipinski definition) is 4. The van der Waals surface area contributed by atoms with Crippen LogP contribution in [-0.2, 0) is 0 Å². The van der Waals surface area contributed by atoms with Crippen molar-refractivity contribution >= 4 is 12.1 Å². The van der Waals surface area contributed by atoms with Crippen LogP contribution in [0.5, 0.6) is 0 Å². The Balaban J connectivity index is 1.39.